The molecule has 1 aromatic rings. The molecule has 8 N–H and O–H groups in total. The summed E-state index contributed by atoms with van der Waals surface area (Å²) < 4.78 is 0. The third-order valence-electron chi connectivity index (χ3n) is 9.44. The topological polar surface area (TPSA) is 104 Å². The number of benzene rings is 1. The third-order valence-corrected chi connectivity index (χ3v) is 9.44. The molecule has 1 aliphatic rings. The molecule has 198 valence electrons. The summed E-state index contributed by atoms with van der Waals surface area (Å²) in [6, 6.07) is 8.67. The van der Waals surface area contributed by atoms with Gasteiger partial charge in [0.2, 0.25) is 0 Å². The first kappa shape index (κ1) is 29.8. The van der Waals surface area contributed by atoms with Crippen LogP contribution in [0.1, 0.15) is 123 Å². The molecule has 0 aliphatic heterocycles. The SMILES string of the molecule is CCC(N)c1cccc(C(N)(CC)CCCCC(N)(CC)C2(C)C=CC=C(C(N)(CC)CC)C2)c1. The number of rotatable bonds is 14. The highest BCUT2D eigenvalue weighted by atomic mass is 14.8. The Bertz CT molecular complexity index is 870. The van der Waals surface area contributed by atoms with E-state index in [1.807, 2.05) is 0 Å². The van der Waals surface area contributed by atoms with Crippen LogP contribution < -0.4 is 22.9 Å². The summed E-state index contributed by atoms with van der Waals surface area (Å²) in [6.45, 7) is 13.2. The molecular weight excluding hydrogens is 428 g/mol. The van der Waals surface area contributed by atoms with E-state index < -0.39 is 0 Å². The van der Waals surface area contributed by atoms with E-state index in [4.69, 9.17) is 22.9 Å². The van der Waals surface area contributed by atoms with Gasteiger partial charge in [-0.2, -0.15) is 0 Å². The zero-order valence-electron chi connectivity index (χ0n) is 23.5. The molecular formula is C31H54N4. The van der Waals surface area contributed by atoms with Gasteiger partial charge in [-0.1, -0.05) is 96.9 Å². The van der Waals surface area contributed by atoms with Crippen LogP contribution in [0.15, 0.2) is 48.1 Å². The standard InChI is InChI=1S/C31H54N4/c1-7-27(32)24-16-14-17-25(22-24)30(34,10-4)20-12-13-21-31(35,11-5)28(6)19-15-18-26(23-28)29(33,8-2)9-3/h14-19,22,27H,7-13,20-21,23,32-35H2,1-6H3. The molecule has 4 heteroatoms. The van der Waals surface area contributed by atoms with E-state index in [9.17, 15) is 0 Å². The van der Waals surface area contributed by atoms with E-state index in [1.54, 1.807) is 0 Å². The first-order valence-corrected chi connectivity index (χ1v) is 14.1. The third kappa shape index (κ3) is 6.46. The molecule has 0 saturated carbocycles. The van der Waals surface area contributed by atoms with Gasteiger partial charge in [0, 0.05) is 28.1 Å². The Morgan fingerprint density at radius 3 is 2.09 bits per heavy atom. The predicted molar refractivity (Wildman–Crippen MR) is 153 cm³/mol. The summed E-state index contributed by atoms with van der Waals surface area (Å²) in [5.74, 6) is 0. The fourth-order valence-electron chi connectivity index (χ4n) is 5.87. The van der Waals surface area contributed by atoms with Crippen molar-refractivity contribution < 1.29 is 0 Å². The van der Waals surface area contributed by atoms with Gasteiger partial charge < -0.3 is 22.9 Å². The van der Waals surface area contributed by atoms with Gasteiger partial charge in [-0.25, -0.2) is 0 Å². The summed E-state index contributed by atoms with van der Waals surface area (Å²) in [4.78, 5) is 0. The van der Waals surface area contributed by atoms with Gasteiger partial charge in [-0.3, -0.25) is 0 Å². The van der Waals surface area contributed by atoms with Gasteiger partial charge in [-0.05, 0) is 68.1 Å². The highest BCUT2D eigenvalue weighted by molar-refractivity contribution is 5.34. The molecule has 0 spiro atoms. The predicted octanol–water partition coefficient (Wildman–Crippen LogP) is 6.74. The second kappa shape index (κ2) is 12.2. The van der Waals surface area contributed by atoms with Crippen LogP contribution in [0.25, 0.3) is 0 Å². The lowest BCUT2D eigenvalue weighted by Gasteiger charge is -2.48. The Labute approximate surface area is 216 Å². The summed E-state index contributed by atoms with van der Waals surface area (Å²) in [6.07, 6.45) is 16.4. The van der Waals surface area contributed by atoms with Gasteiger partial charge in [0.1, 0.15) is 0 Å². The summed E-state index contributed by atoms with van der Waals surface area (Å²) >= 11 is 0. The summed E-state index contributed by atoms with van der Waals surface area (Å²) in [7, 11) is 0. The zero-order valence-corrected chi connectivity index (χ0v) is 23.5. The molecule has 1 aromatic carbocycles. The smallest absolute Gasteiger partial charge is 0.0407 e. The fraction of sp³-hybridized carbons (Fsp3) is 0.677. The van der Waals surface area contributed by atoms with Gasteiger partial charge >= 0.3 is 0 Å². The van der Waals surface area contributed by atoms with E-state index in [-0.39, 0.29) is 28.1 Å². The van der Waals surface area contributed by atoms with Crippen molar-refractivity contribution in [3.8, 4) is 0 Å². The molecule has 4 unspecified atom stereocenters. The first-order chi connectivity index (χ1) is 16.5. The maximum Gasteiger partial charge on any atom is 0.0407 e. The monoisotopic (exact) mass is 482 g/mol. The molecule has 35 heavy (non-hydrogen) atoms. The second-order valence-electron chi connectivity index (χ2n) is 11.4. The summed E-state index contributed by atoms with van der Waals surface area (Å²) in [5, 5.41) is 0. The van der Waals surface area contributed by atoms with Crippen molar-refractivity contribution in [3.63, 3.8) is 0 Å². The van der Waals surface area contributed by atoms with E-state index in [0.717, 1.165) is 64.2 Å². The molecule has 1 aliphatic carbocycles. The first-order valence-electron chi connectivity index (χ1n) is 14.1. The van der Waals surface area contributed by atoms with E-state index in [1.165, 1.54) is 16.7 Å². The van der Waals surface area contributed by atoms with Crippen LogP contribution in [0.2, 0.25) is 0 Å². The van der Waals surface area contributed by atoms with Crippen LogP contribution in [-0.2, 0) is 5.54 Å². The van der Waals surface area contributed by atoms with Crippen molar-refractivity contribution in [1.29, 1.82) is 0 Å². The van der Waals surface area contributed by atoms with Crippen molar-refractivity contribution in [3.05, 3.63) is 59.2 Å². The average Bonchev–Trinajstić information content (AvgIpc) is 2.89. The number of hydrogen-bond acceptors (Lipinski definition) is 4. The normalized spacial score (nSPS) is 22.9. The van der Waals surface area contributed by atoms with E-state index >= 15 is 0 Å². The summed E-state index contributed by atoms with van der Waals surface area (Å²) in [5.41, 5.74) is 30.0. The fourth-order valence-corrected chi connectivity index (χ4v) is 5.87. The Balaban J connectivity index is 2.09. The number of nitrogens with two attached hydrogens (primary N) is 4. The van der Waals surface area contributed by atoms with Gasteiger partial charge in [-0.15, -0.1) is 0 Å². The van der Waals surface area contributed by atoms with Crippen LogP contribution in [0.5, 0.6) is 0 Å². The minimum Gasteiger partial charge on any atom is -0.324 e. The highest BCUT2D eigenvalue weighted by Gasteiger charge is 2.45. The lowest BCUT2D eigenvalue weighted by molar-refractivity contribution is 0.163. The lowest BCUT2D eigenvalue weighted by atomic mass is 9.60. The Morgan fingerprint density at radius 1 is 0.886 bits per heavy atom. The quantitative estimate of drug-likeness (QED) is 0.220. The van der Waals surface area contributed by atoms with Crippen LogP contribution in [0, 0.1) is 5.41 Å². The van der Waals surface area contributed by atoms with Crippen LogP contribution in [0.3, 0.4) is 0 Å². The van der Waals surface area contributed by atoms with Crippen molar-refractivity contribution >= 4 is 0 Å². The molecule has 0 saturated heterocycles. The Kier molecular flexibility index (Phi) is 10.4. The van der Waals surface area contributed by atoms with Crippen LogP contribution in [0.4, 0.5) is 0 Å². The molecule has 0 bridgehead atoms. The molecule has 4 atom stereocenters. The van der Waals surface area contributed by atoms with E-state index in [0.29, 0.717) is 0 Å². The molecule has 0 fully saturated rings. The van der Waals surface area contributed by atoms with Crippen molar-refractivity contribution in [1.82, 2.24) is 0 Å². The molecule has 0 aromatic heterocycles. The van der Waals surface area contributed by atoms with Gasteiger partial charge in [0.05, 0.1) is 0 Å². The highest BCUT2D eigenvalue weighted by Crippen LogP contribution is 2.47. The average molecular weight is 483 g/mol. The zero-order chi connectivity index (χ0) is 26.3. The number of unbranched alkanes of at least 4 members (excludes halogenated alkanes) is 1. The van der Waals surface area contributed by atoms with Crippen molar-refractivity contribution in [2.45, 2.75) is 128 Å². The Hall–Kier alpha value is -1.46. The van der Waals surface area contributed by atoms with Crippen molar-refractivity contribution in [2.24, 2.45) is 28.3 Å². The molecule has 4 nitrogen and oxygen atoms in total. The largest absolute Gasteiger partial charge is 0.324 e. The maximum atomic E-state index is 7.19. The molecule has 2 rings (SSSR count). The van der Waals surface area contributed by atoms with Crippen LogP contribution in [-0.4, -0.2) is 11.1 Å². The second-order valence-corrected chi connectivity index (χ2v) is 11.4. The van der Waals surface area contributed by atoms with E-state index in [2.05, 4.69) is 84.0 Å². The minimum absolute atomic E-state index is 0.0642. The molecule has 0 heterocycles. The van der Waals surface area contributed by atoms with Gasteiger partial charge in [0.15, 0.2) is 0 Å². The Morgan fingerprint density at radius 2 is 1.51 bits per heavy atom. The minimum atomic E-state index is -0.334. The number of allylic oxidation sites excluding steroid dienone is 2. The van der Waals surface area contributed by atoms with Crippen molar-refractivity contribution in [2.75, 3.05) is 0 Å². The molecule has 0 radical (unpaired) electrons. The number of hydrogen-bond donors (Lipinski definition) is 4. The molecule has 0 amide bonds. The lowest BCUT2D eigenvalue weighted by Crippen LogP contribution is -2.55. The maximum absolute atomic E-state index is 7.19. The van der Waals surface area contributed by atoms with Gasteiger partial charge in [0.25, 0.3) is 0 Å². The van der Waals surface area contributed by atoms with Crippen LogP contribution >= 0.6 is 0 Å².